The van der Waals surface area contributed by atoms with Gasteiger partial charge in [0.25, 0.3) is 0 Å². The molecule has 8 nitrogen and oxygen atoms in total. The van der Waals surface area contributed by atoms with Crippen LogP contribution in [-0.2, 0) is 16.1 Å². The van der Waals surface area contributed by atoms with E-state index < -0.39 is 5.97 Å². The molecular formula is C17H20N4O4. The summed E-state index contributed by atoms with van der Waals surface area (Å²) in [5, 5.41) is 8.80. The van der Waals surface area contributed by atoms with Gasteiger partial charge in [-0.2, -0.15) is 0 Å². The number of ether oxygens (including phenoxy) is 2. The first-order valence-corrected chi connectivity index (χ1v) is 7.96. The number of hydrogen-bond acceptors (Lipinski definition) is 7. The minimum Gasteiger partial charge on any atom is -0.482 e. The van der Waals surface area contributed by atoms with E-state index in [4.69, 9.17) is 20.3 Å². The van der Waals surface area contributed by atoms with Crippen LogP contribution < -0.4 is 10.5 Å². The van der Waals surface area contributed by atoms with Gasteiger partial charge in [0.15, 0.2) is 6.61 Å². The predicted octanol–water partition coefficient (Wildman–Crippen LogP) is 1.10. The largest absolute Gasteiger partial charge is 0.482 e. The van der Waals surface area contributed by atoms with Crippen molar-refractivity contribution in [3.05, 3.63) is 47.9 Å². The molecule has 3 rings (SSSR count). The Kier molecular flexibility index (Phi) is 5.42. The molecule has 132 valence electrons. The molecule has 2 aromatic rings. The highest BCUT2D eigenvalue weighted by Crippen LogP contribution is 2.26. The maximum atomic E-state index is 10.7. The standard InChI is InChI=1S/C17H20N4O4/c18-17-16(19-5-6-20-17)14-10-21(7-8-24-14)9-12-3-1-2-4-13(12)25-11-15(22)23/h1-6,14H,7-11H2,(H2,18,20)(H,22,23)/t14-/m1/s1. The van der Waals surface area contributed by atoms with Crippen molar-refractivity contribution in [1.82, 2.24) is 14.9 Å². The SMILES string of the molecule is Nc1nccnc1[C@H]1CN(Cc2ccccc2OCC(=O)O)CCO1. The van der Waals surface area contributed by atoms with Crippen molar-refractivity contribution in [2.24, 2.45) is 0 Å². The lowest BCUT2D eigenvalue weighted by Crippen LogP contribution is -2.38. The van der Waals surface area contributed by atoms with Crippen LogP contribution in [0.4, 0.5) is 5.82 Å². The van der Waals surface area contributed by atoms with Gasteiger partial charge in [-0.1, -0.05) is 18.2 Å². The lowest BCUT2D eigenvalue weighted by atomic mass is 10.1. The predicted molar refractivity (Wildman–Crippen MR) is 90.0 cm³/mol. The summed E-state index contributed by atoms with van der Waals surface area (Å²) >= 11 is 0. The summed E-state index contributed by atoms with van der Waals surface area (Å²) in [6, 6.07) is 7.43. The third-order valence-corrected chi connectivity index (χ3v) is 3.93. The van der Waals surface area contributed by atoms with Gasteiger partial charge in [-0.3, -0.25) is 9.88 Å². The summed E-state index contributed by atoms with van der Waals surface area (Å²) in [5.41, 5.74) is 7.46. The number of carbonyl (C=O) groups is 1. The van der Waals surface area contributed by atoms with E-state index in [1.807, 2.05) is 18.2 Å². The Bertz CT molecular complexity index is 740. The van der Waals surface area contributed by atoms with E-state index >= 15 is 0 Å². The van der Waals surface area contributed by atoms with Crippen LogP contribution >= 0.6 is 0 Å². The zero-order valence-corrected chi connectivity index (χ0v) is 13.7. The van der Waals surface area contributed by atoms with Gasteiger partial charge in [0, 0.05) is 37.6 Å². The fourth-order valence-corrected chi connectivity index (χ4v) is 2.77. The van der Waals surface area contributed by atoms with Crippen LogP contribution in [0, 0.1) is 0 Å². The number of para-hydroxylation sites is 1. The van der Waals surface area contributed by atoms with Gasteiger partial charge >= 0.3 is 5.97 Å². The van der Waals surface area contributed by atoms with Gasteiger partial charge in [-0.25, -0.2) is 9.78 Å². The van der Waals surface area contributed by atoms with Crippen molar-refractivity contribution in [3.63, 3.8) is 0 Å². The molecule has 0 unspecified atom stereocenters. The number of aromatic nitrogens is 2. The highest BCUT2D eigenvalue weighted by atomic mass is 16.5. The first-order valence-electron chi connectivity index (χ1n) is 7.96. The number of benzene rings is 1. The monoisotopic (exact) mass is 344 g/mol. The van der Waals surface area contributed by atoms with Crippen LogP contribution in [0.1, 0.15) is 17.4 Å². The number of nitrogen functional groups attached to an aromatic ring is 1. The van der Waals surface area contributed by atoms with Crippen molar-refractivity contribution in [2.45, 2.75) is 12.6 Å². The molecule has 1 aromatic carbocycles. The van der Waals surface area contributed by atoms with Crippen LogP contribution in [-0.4, -0.2) is 52.2 Å². The molecule has 0 bridgehead atoms. The van der Waals surface area contributed by atoms with Crippen LogP contribution in [0.2, 0.25) is 0 Å². The second kappa shape index (κ2) is 7.91. The number of carboxylic acids is 1. The molecule has 0 amide bonds. The van der Waals surface area contributed by atoms with Crippen LogP contribution in [0.15, 0.2) is 36.7 Å². The van der Waals surface area contributed by atoms with Gasteiger partial charge in [0.1, 0.15) is 23.4 Å². The highest BCUT2D eigenvalue weighted by Gasteiger charge is 2.25. The van der Waals surface area contributed by atoms with Crippen LogP contribution in [0.3, 0.4) is 0 Å². The maximum Gasteiger partial charge on any atom is 0.341 e. The molecule has 0 aliphatic carbocycles. The van der Waals surface area contributed by atoms with E-state index in [0.29, 0.717) is 37.0 Å². The van der Waals surface area contributed by atoms with Gasteiger partial charge in [0.05, 0.1) is 6.61 Å². The fraction of sp³-hybridized carbons (Fsp3) is 0.353. The molecule has 1 aliphatic rings. The number of nitrogens with two attached hydrogens (primary N) is 1. The van der Waals surface area contributed by atoms with E-state index in [1.54, 1.807) is 18.5 Å². The van der Waals surface area contributed by atoms with Gasteiger partial charge < -0.3 is 20.3 Å². The van der Waals surface area contributed by atoms with Gasteiger partial charge in [-0.15, -0.1) is 0 Å². The van der Waals surface area contributed by atoms with Crippen LogP contribution in [0.25, 0.3) is 0 Å². The Morgan fingerprint density at radius 2 is 2.16 bits per heavy atom. The summed E-state index contributed by atoms with van der Waals surface area (Å²) < 4.78 is 11.2. The first kappa shape index (κ1) is 17.1. The molecule has 0 radical (unpaired) electrons. The molecule has 1 aromatic heterocycles. The molecular weight excluding hydrogens is 324 g/mol. The molecule has 0 spiro atoms. The molecule has 3 N–H and O–H groups in total. The zero-order valence-electron chi connectivity index (χ0n) is 13.7. The third kappa shape index (κ3) is 4.43. The highest BCUT2D eigenvalue weighted by molar-refractivity contribution is 5.68. The molecule has 2 heterocycles. The van der Waals surface area contributed by atoms with Crippen molar-refractivity contribution in [3.8, 4) is 5.75 Å². The minimum atomic E-state index is -1.00. The maximum absolute atomic E-state index is 10.7. The molecule has 25 heavy (non-hydrogen) atoms. The third-order valence-electron chi connectivity index (χ3n) is 3.93. The minimum absolute atomic E-state index is 0.241. The Balaban J connectivity index is 1.69. The van der Waals surface area contributed by atoms with E-state index in [0.717, 1.165) is 12.1 Å². The fourth-order valence-electron chi connectivity index (χ4n) is 2.77. The molecule has 1 fully saturated rings. The Hall–Kier alpha value is -2.71. The van der Waals surface area contributed by atoms with Crippen molar-refractivity contribution >= 4 is 11.8 Å². The number of nitrogens with zero attached hydrogens (tertiary/aromatic N) is 3. The molecule has 1 saturated heterocycles. The molecule has 8 heteroatoms. The average Bonchev–Trinajstić information content (AvgIpc) is 2.61. The smallest absolute Gasteiger partial charge is 0.341 e. The normalized spacial score (nSPS) is 18.0. The Morgan fingerprint density at radius 3 is 2.96 bits per heavy atom. The summed E-state index contributed by atoms with van der Waals surface area (Å²) in [5.74, 6) is -0.0501. The van der Waals surface area contributed by atoms with Gasteiger partial charge in [0.2, 0.25) is 0 Å². The first-order chi connectivity index (χ1) is 12.1. The summed E-state index contributed by atoms with van der Waals surface area (Å²) in [4.78, 5) is 21.3. The molecule has 0 saturated carbocycles. The van der Waals surface area contributed by atoms with E-state index in [9.17, 15) is 4.79 Å². The summed E-state index contributed by atoms with van der Waals surface area (Å²) in [6.45, 7) is 2.19. The lowest BCUT2D eigenvalue weighted by molar-refractivity contribution is -0.139. The Labute approximate surface area is 145 Å². The van der Waals surface area contributed by atoms with E-state index in [1.165, 1.54) is 0 Å². The number of rotatable bonds is 6. The summed E-state index contributed by atoms with van der Waals surface area (Å²) in [7, 11) is 0. The zero-order chi connectivity index (χ0) is 17.6. The number of carboxylic acid groups (broad SMARTS) is 1. The number of aliphatic carboxylic acids is 1. The quantitative estimate of drug-likeness (QED) is 0.801. The molecule has 1 aliphatic heterocycles. The second-order valence-electron chi connectivity index (χ2n) is 5.71. The van der Waals surface area contributed by atoms with Crippen LogP contribution in [0.5, 0.6) is 5.75 Å². The van der Waals surface area contributed by atoms with E-state index in [-0.39, 0.29) is 12.7 Å². The number of anilines is 1. The van der Waals surface area contributed by atoms with Crippen molar-refractivity contribution < 1.29 is 19.4 Å². The molecule has 1 atom stereocenters. The topological polar surface area (TPSA) is 111 Å². The lowest BCUT2D eigenvalue weighted by Gasteiger charge is -2.33. The average molecular weight is 344 g/mol. The number of morpholine rings is 1. The Morgan fingerprint density at radius 1 is 1.36 bits per heavy atom. The van der Waals surface area contributed by atoms with Crippen molar-refractivity contribution in [1.29, 1.82) is 0 Å². The summed E-state index contributed by atoms with van der Waals surface area (Å²) in [6.07, 6.45) is 2.91. The van der Waals surface area contributed by atoms with Gasteiger partial charge in [-0.05, 0) is 6.07 Å². The van der Waals surface area contributed by atoms with E-state index in [2.05, 4.69) is 14.9 Å². The number of hydrogen-bond donors (Lipinski definition) is 2. The second-order valence-corrected chi connectivity index (χ2v) is 5.71. The van der Waals surface area contributed by atoms with Crippen molar-refractivity contribution in [2.75, 3.05) is 32.0 Å².